The molecule has 0 fully saturated rings. The molecule has 2 N–H and O–H groups in total. The molecule has 0 aliphatic heterocycles. The van der Waals surface area contributed by atoms with Crippen LogP contribution >= 0.6 is 0 Å². The SMILES string of the molecule is CC(C)(C)CC(=O)NCC(=O)NS(=O)(=O)c1cccnc1. The van der Waals surface area contributed by atoms with Crippen LogP contribution in [0.15, 0.2) is 29.4 Å². The summed E-state index contributed by atoms with van der Waals surface area (Å²) in [6, 6.07) is 2.77. The maximum atomic E-state index is 11.8. The van der Waals surface area contributed by atoms with E-state index in [0.717, 1.165) is 6.20 Å². The molecule has 0 bridgehead atoms. The monoisotopic (exact) mass is 313 g/mol. The number of hydrogen-bond donors (Lipinski definition) is 2. The first-order valence-electron chi connectivity index (χ1n) is 6.32. The molecule has 1 heterocycles. The van der Waals surface area contributed by atoms with E-state index in [4.69, 9.17) is 0 Å². The summed E-state index contributed by atoms with van der Waals surface area (Å²) in [4.78, 5) is 26.7. The Labute approximate surface area is 124 Å². The van der Waals surface area contributed by atoms with E-state index >= 15 is 0 Å². The summed E-state index contributed by atoms with van der Waals surface area (Å²) in [6.07, 6.45) is 2.80. The fraction of sp³-hybridized carbons (Fsp3) is 0.462. The molecule has 116 valence electrons. The predicted molar refractivity (Wildman–Crippen MR) is 76.6 cm³/mol. The highest BCUT2D eigenvalue weighted by Gasteiger charge is 2.19. The third-order valence-corrected chi connectivity index (χ3v) is 3.69. The molecule has 1 rings (SSSR count). The smallest absolute Gasteiger partial charge is 0.265 e. The second-order valence-electron chi connectivity index (χ2n) is 5.73. The van der Waals surface area contributed by atoms with Crippen molar-refractivity contribution < 1.29 is 18.0 Å². The fourth-order valence-corrected chi connectivity index (χ4v) is 2.42. The molecule has 0 aliphatic rings. The van der Waals surface area contributed by atoms with E-state index in [0.29, 0.717) is 0 Å². The minimum absolute atomic E-state index is 0.112. The molecule has 0 aliphatic carbocycles. The average Bonchev–Trinajstić information content (AvgIpc) is 2.35. The molecular weight excluding hydrogens is 294 g/mol. The van der Waals surface area contributed by atoms with Gasteiger partial charge < -0.3 is 5.32 Å². The molecule has 0 aromatic carbocycles. The summed E-state index contributed by atoms with van der Waals surface area (Å²) in [5, 5.41) is 2.38. The maximum Gasteiger partial charge on any atom is 0.265 e. The van der Waals surface area contributed by atoms with Gasteiger partial charge in [-0.1, -0.05) is 20.8 Å². The molecular formula is C13H19N3O4S. The highest BCUT2D eigenvalue weighted by molar-refractivity contribution is 7.90. The minimum Gasteiger partial charge on any atom is -0.347 e. The van der Waals surface area contributed by atoms with Crippen LogP contribution in [0.5, 0.6) is 0 Å². The van der Waals surface area contributed by atoms with Gasteiger partial charge in [-0.15, -0.1) is 0 Å². The molecule has 0 atom stereocenters. The Hall–Kier alpha value is -1.96. The minimum atomic E-state index is -3.96. The molecule has 0 spiro atoms. The van der Waals surface area contributed by atoms with Crippen LogP contribution in [0, 0.1) is 5.41 Å². The molecule has 0 saturated carbocycles. The zero-order chi connectivity index (χ0) is 16.1. The van der Waals surface area contributed by atoms with E-state index < -0.39 is 22.5 Å². The van der Waals surface area contributed by atoms with Crippen molar-refractivity contribution >= 4 is 21.8 Å². The van der Waals surface area contributed by atoms with Crippen LogP contribution in [-0.4, -0.2) is 31.8 Å². The van der Waals surface area contributed by atoms with Crippen molar-refractivity contribution in [2.75, 3.05) is 6.54 Å². The number of hydrogen-bond acceptors (Lipinski definition) is 5. The molecule has 21 heavy (non-hydrogen) atoms. The Morgan fingerprint density at radius 1 is 1.24 bits per heavy atom. The second-order valence-corrected chi connectivity index (χ2v) is 7.41. The molecule has 1 aromatic heterocycles. The van der Waals surface area contributed by atoms with Crippen LogP contribution in [0.25, 0.3) is 0 Å². The first-order valence-corrected chi connectivity index (χ1v) is 7.81. The number of carbonyl (C=O) groups excluding carboxylic acids is 2. The Kier molecular flexibility index (Phi) is 5.42. The molecule has 2 amide bonds. The summed E-state index contributed by atoms with van der Waals surface area (Å²) in [6.45, 7) is 5.27. The summed E-state index contributed by atoms with van der Waals surface area (Å²) >= 11 is 0. The fourth-order valence-electron chi connectivity index (χ4n) is 1.47. The van der Waals surface area contributed by atoms with Gasteiger partial charge in [-0.3, -0.25) is 14.6 Å². The van der Waals surface area contributed by atoms with E-state index in [-0.39, 0.29) is 22.6 Å². The Morgan fingerprint density at radius 2 is 1.90 bits per heavy atom. The van der Waals surface area contributed by atoms with Crippen molar-refractivity contribution in [1.29, 1.82) is 0 Å². The maximum absolute atomic E-state index is 11.8. The van der Waals surface area contributed by atoms with E-state index in [1.807, 2.05) is 25.5 Å². The van der Waals surface area contributed by atoms with Crippen LogP contribution in [0.2, 0.25) is 0 Å². The van der Waals surface area contributed by atoms with Crippen LogP contribution < -0.4 is 10.0 Å². The lowest BCUT2D eigenvalue weighted by Gasteiger charge is -2.17. The van der Waals surface area contributed by atoms with E-state index in [1.54, 1.807) is 0 Å². The summed E-state index contributed by atoms with van der Waals surface area (Å²) < 4.78 is 25.5. The third kappa shape index (κ3) is 6.35. The van der Waals surface area contributed by atoms with Gasteiger partial charge in [-0.2, -0.15) is 0 Å². The van der Waals surface area contributed by atoms with Crippen LogP contribution in [0.1, 0.15) is 27.2 Å². The largest absolute Gasteiger partial charge is 0.347 e. The van der Waals surface area contributed by atoms with Crippen molar-refractivity contribution in [1.82, 2.24) is 15.0 Å². The zero-order valence-corrected chi connectivity index (χ0v) is 13.0. The summed E-state index contributed by atoms with van der Waals surface area (Å²) in [7, 11) is -3.96. The van der Waals surface area contributed by atoms with Crippen molar-refractivity contribution in [3.05, 3.63) is 24.5 Å². The lowest BCUT2D eigenvalue weighted by Crippen LogP contribution is -2.40. The van der Waals surface area contributed by atoms with E-state index in [9.17, 15) is 18.0 Å². The molecule has 7 nitrogen and oxygen atoms in total. The van der Waals surface area contributed by atoms with Gasteiger partial charge in [0.05, 0.1) is 6.54 Å². The number of nitrogens with zero attached hydrogens (tertiary/aromatic N) is 1. The number of amides is 2. The number of aromatic nitrogens is 1. The first kappa shape index (κ1) is 17.1. The highest BCUT2D eigenvalue weighted by Crippen LogP contribution is 2.17. The van der Waals surface area contributed by atoms with Gasteiger partial charge in [0.2, 0.25) is 5.91 Å². The first-order chi connectivity index (χ1) is 9.60. The van der Waals surface area contributed by atoms with Crippen molar-refractivity contribution in [2.45, 2.75) is 32.1 Å². The Morgan fingerprint density at radius 3 is 2.43 bits per heavy atom. The second kappa shape index (κ2) is 6.66. The van der Waals surface area contributed by atoms with Gasteiger partial charge in [0.15, 0.2) is 0 Å². The van der Waals surface area contributed by atoms with Gasteiger partial charge in [0, 0.05) is 18.8 Å². The molecule has 0 radical (unpaired) electrons. The van der Waals surface area contributed by atoms with Crippen molar-refractivity contribution in [2.24, 2.45) is 5.41 Å². The van der Waals surface area contributed by atoms with Gasteiger partial charge in [0.25, 0.3) is 15.9 Å². The molecule has 0 unspecified atom stereocenters. The van der Waals surface area contributed by atoms with Crippen LogP contribution in [0.3, 0.4) is 0 Å². The van der Waals surface area contributed by atoms with Gasteiger partial charge in [-0.05, 0) is 17.5 Å². The number of pyridine rings is 1. The summed E-state index contributed by atoms with van der Waals surface area (Å²) in [5.74, 6) is -1.11. The van der Waals surface area contributed by atoms with Crippen molar-refractivity contribution in [3.8, 4) is 0 Å². The Balaban J connectivity index is 2.53. The van der Waals surface area contributed by atoms with Gasteiger partial charge >= 0.3 is 0 Å². The van der Waals surface area contributed by atoms with E-state index in [2.05, 4.69) is 10.3 Å². The normalized spacial score (nSPS) is 11.8. The lowest BCUT2D eigenvalue weighted by atomic mass is 9.92. The number of nitrogens with one attached hydrogen (secondary N) is 2. The number of carbonyl (C=O) groups is 2. The molecule has 0 saturated heterocycles. The molecule has 8 heteroatoms. The predicted octanol–water partition coefficient (Wildman–Crippen LogP) is 0.439. The number of sulfonamides is 1. The average molecular weight is 313 g/mol. The zero-order valence-electron chi connectivity index (χ0n) is 12.2. The van der Waals surface area contributed by atoms with Crippen LogP contribution in [-0.2, 0) is 19.6 Å². The highest BCUT2D eigenvalue weighted by atomic mass is 32.2. The lowest BCUT2D eigenvalue weighted by molar-refractivity contribution is -0.126. The third-order valence-electron chi connectivity index (χ3n) is 2.33. The van der Waals surface area contributed by atoms with Gasteiger partial charge in [0.1, 0.15) is 4.90 Å². The summed E-state index contributed by atoms with van der Waals surface area (Å²) in [5.41, 5.74) is -0.206. The quantitative estimate of drug-likeness (QED) is 0.820. The van der Waals surface area contributed by atoms with Crippen molar-refractivity contribution in [3.63, 3.8) is 0 Å². The molecule has 1 aromatic rings. The Bertz CT molecular complexity index is 606. The number of rotatable bonds is 5. The standard InChI is InChI=1S/C13H19N3O4S/c1-13(2,3)7-11(17)15-9-12(18)16-21(19,20)10-5-4-6-14-8-10/h4-6,8H,7,9H2,1-3H3,(H,15,17)(H,16,18). The van der Waals surface area contributed by atoms with E-state index in [1.165, 1.54) is 18.3 Å². The van der Waals surface area contributed by atoms with Gasteiger partial charge in [-0.25, -0.2) is 13.1 Å². The topological polar surface area (TPSA) is 105 Å². The van der Waals surface area contributed by atoms with Crippen LogP contribution in [0.4, 0.5) is 0 Å².